The molecule has 0 heterocycles. The predicted octanol–water partition coefficient (Wildman–Crippen LogP) is 3.57. The molecule has 0 fully saturated rings. The minimum Gasteiger partial charge on any atom is -0.491 e. The van der Waals surface area contributed by atoms with Crippen molar-refractivity contribution >= 4 is 11.6 Å². The summed E-state index contributed by atoms with van der Waals surface area (Å²) >= 11 is 0. The van der Waals surface area contributed by atoms with Crippen molar-refractivity contribution < 1.29 is 27.8 Å². The fourth-order valence-electron chi connectivity index (χ4n) is 1.93. The maximum atomic E-state index is 12.4. The van der Waals surface area contributed by atoms with Gasteiger partial charge in [-0.25, -0.2) is 0 Å². The van der Waals surface area contributed by atoms with Crippen molar-refractivity contribution in [1.29, 1.82) is 0 Å². The summed E-state index contributed by atoms with van der Waals surface area (Å²) in [5, 5.41) is 2.62. The van der Waals surface area contributed by atoms with Crippen LogP contribution in [0.4, 0.5) is 14.5 Å². The van der Waals surface area contributed by atoms with E-state index in [4.69, 9.17) is 9.47 Å². The number of benzene rings is 2. The first kappa shape index (κ1) is 17.7. The predicted molar refractivity (Wildman–Crippen MR) is 84.8 cm³/mol. The topological polar surface area (TPSA) is 56.8 Å². The third-order valence-electron chi connectivity index (χ3n) is 3.02. The zero-order valence-electron chi connectivity index (χ0n) is 13.0. The van der Waals surface area contributed by atoms with E-state index in [1.54, 1.807) is 37.4 Å². The molecule has 0 spiro atoms. The second-order valence-corrected chi connectivity index (χ2v) is 4.69. The summed E-state index contributed by atoms with van der Waals surface area (Å²) in [6.45, 7) is -2.11. The molecule has 2 aromatic rings. The quantitative estimate of drug-likeness (QED) is 0.748. The Kier molecular flexibility index (Phi) is 6.51. The summed E-state index contributed by atoms with van der Waals surface area (Å²) in [6.07, 6.45) is 0. The fourth-order valence-corrected chi connectivity index (χ4v) is 1.93. The van der Waals surface area contributed by atoms with Gasteiger partial charge in [0.1, 0.15) is 18.1 Å². The molecule has 1 N–H and O–H groups in total. The van der Waals surface area contributed by atoms with Gasteiger partial charge in [-0.15, -0.1) is 0 Å². The molecule has 5 nitrogen and oxygen atoms in total. The zero-order chi connectivity index (χ0) is 17.4. The van der Waals surface area contributed by atoms with E-state index in [1.165, 1.54) is 18.2 Å². The van der Waals surface area contributed by atoms with Crippen LogP contribution in [0.25, 0.3) is 0 Å². The zero-order valence-corrected chi connectivity index (χ0v) is 13.0. The number of methoxy groups -OCH3 is 1. The van der Waals surface area contributed by atoms with Crippen LogP contribution in [0.1, 0.15) is 10.4 Å². The molecule has 0 atom stereocenters. The number of carbonyl (C=O) groups excluding carboxylic acids is 1. The Hall–Kier alpha value is -2.67. The van der Waals surface area contributed by atoms with Crippen molar-refractivity contribution in [2.45, 2.75) is 6.61 Å². The first-order valence-electron chi connectivity index (χ1n) is 7.17. The SMILES string of the molecule is COCCOc1ccc(NC(=O)c2ccccc2OC(F)F)cc1. The van der Waals surface area contributed by atoms with Crippen molar-refractivity contribution in [2.75, 3.05) is 25.6 Å². The molecule has 128 valence electrons. The van der Waals surface area contributed by atoms with Gasteiger partial charge in [-0.05, 0) is 36.4 Å². The highest BCUT2D eigenvalue weighted by Gasteiger charge is 2.15. The molecule has 0 radical (unpaired) electrons. The number of anilines is 1. The number of nitrogens with one attached hydrogen (secondary N) is 1. The lowest BCUT2D eigenvalue weighted by Gasteiger charge is -2.11. The molecule has 24 heavy (non-hydrogen) atoms. The standard InChI is InChI=1S/C17H17F2NO4/c1-22-10-11-23-13-8-6-12(7-9-13)20-16(21)14-4-2-3-5-15(14)24-17(18)19/h2-9,17H,10-11H2,1H3,(H,20,21). The van der Waals surface area contributed by atoms with Crippen LogP contribution in [0.3, 0.4) is 0 Å². The average molecular weight is 337 g/mol. The van der Waals surface area contributed by atoms with Gasteiger partial charge in [0.2, 0.25) is 0 Å². The van der Waals surface area contributed by atoms with E-state index in [2.05, 4.69) is 10.1 Å². The smallest absolute Gasteiger partial charge is 0.387 e. The molecule has 0 saturated carbocycles. The van der Waals surface area contributed by atoms with E-state index in [9.17, 15) is 13.6 Å². The molecule has 2 rings (SSSR count). The van der Waals surface area contributed by atoms with E-state index >= 15 is 0 Å². The van der Waals surface area contributed by atoms with Crippen LogP contribution in [-0.4, -0.2) is 32.8 Å². The molecule has 0 unspecified atom stereocenters. The normalized spacial score (nSPS) is 10.5. The average Bonchev–Trinajstić information content (AvgIpc) is 2.56. The van der Waals surface area contributed by atoms with Crippen LogP contribution in [0, 0.1) is 0 Å². The first-order valence-corrected chi connectivity index (χ1v) is 7.17. The van der Waals surface area contributed by atoms with Crippen LogP contribution in [0.2, 0.25) is 0 Å². The lowest BCUT2D eigenvalue weighted by atomic mass is 10.2. The number of hydrogen-bond acceptors (Lipinski definition) is 4. The van der Waals surface area contributed by atoms with Gasteiger partial charge in [0.15, 0.2) is 0 Å². The molecule has 2 aromatic carbocycles. The van der Waals surface area contributed by atoms with Gasteiger partial charge in [0, 0.05) is 12.8 Å². The minimum absolute atomic E-state index is 0.0261. The Morgan fingerprint density at radius 1 is 1.08 bits per heavy atom. The Bertz CT molecular complexity index is 662. The third kappa shape index (κ3) is 5.20. The number of hydrogen-bond donors (Lipinski definition) is 1. The summed E-state index contributed by atoms with van der Waals surface area (Å²) in [4.78, 5) is 12.2. The number of alkyl halides is 2. The monoisotopic (exact) mass is 337 g/mol. The molecule has 0 aliphatic heterocycles. The van der Waals surface area contributed by atoms with Crippen molar-refractivity contribution in [3.05, 3.63) is 54.1 Å². The molecular formula is C17H17F2NO4. The van der Waals surface area contributed by atoms with Gasteiger partial charge in [0.05, 0.1) is 12.2 Å². The summed E-state index contributed by atoms with van der Waals surface area (Å²) < 4.78 is 39.4. The Labute approximate surface area is 138 Å². The summed E-state index contributed by atoms with van der Waals surface area (Å²) in [7, 11) is 1.58. The van der Waals surface area contributed by atoms with E-state index in [0.717, 1.165) is 0 Å². The molecule has 7 heteroatoms. The maximum Gasteiger partial charge on any atom is 0.387 e. The van der Waals surface area contributed by atoms with Gasteiger partial charge in [-0.1, -0.05) is 12.1 Å². The van der Waals surface area contributed by atoms with Gasteiger partial charge in [-0.2, -0.15) is 8.78 Å². The molecule has 0 saturated heterocycles. The van der Waals surface area contributed by atoms with Crippen LogP contribution in [0.15, 0.2) is 48.5 Å². The number of carbonyl (C=O) groups is 1. The van der Waals surface area contributed by atoms with Gasteiger partial charge in [0.25, 0.3) is 5.91 Å². The summed E-state index contributed by atoms with van der Waals surface area (Å²) in [5.41, 5.74) is 0.532. The molecule has 1 amide bonds. The lowest BCUT2D eigenvalue weighted by molar-refractivity contribution is -0.0501. The van der Waals surface area contributed by atoms with Crippen molar-refractivity contribution in [3.8, 4) is 11.5 Å². The molecular weight excluding hydrogens is 320 g/mol. The number of rotatable bonds is 8. The largest absolute Gasteiger partial charge is 0.491 e. The number of para-hydroxylation sites is 1. The third-order valence-corrected chi connectivity index (χ3v) is 3.02. The Balaban J connectivity index is 2.02. The minimum atomic E-state index is -3.00. The van der Waals surface area contributed by atoms with Crippen LogP contribution < -0.4 is 14.8 Å². The molecule has 0 aliphatic carbocycles. The fraction of sp³-hybridized carbons (Fsp3) is 0.235. The lowest BCUT2D eigenvalue weighted by Crippen LogP contribution is -2.15. The van der Waals surface area contributed by atoms with E-state index in [-0.39, 0.29) is 11.3 Å². The van der Waals surface area contributed by atoms with Crippen LogP contribution >= 0.6 is 0 Å². The van der Waals surface area contributed by atoms with Crippen molar-refractivity contribution in [3.63, 3.8) is 0 Å². The van der Waals surface area contributed by atoms with E-state index < -0.39 is 12.5 Å². The van der Waals surface area contributed by atoms with E-state index in [1.807, 2.05) is 0 Å². The van der Waals surface area contributed by atoms with Crippen molar-refractivity contribution in [1.82, 2.24) is 0 Å². The van der Waals surface area contributed by atoms with Gasteiger partial charge >= 0.3 is 6.61 Å². The first-order chi connectivity index (χ1) is 11.6. The van der Waals surface area contributed by atoms with E-state index in [0.29, 0.717) is 24.7 Å². The highest BCUT2D eigenvalue weighted by molar-refractivity contribution is 6.06. The van der Waals surface area contributed by atoms with Gasteiger partial charge < -0.3 is 19.5 Å². The highest BCUT2D eigenvalue weighted by Crippen LogP contribution is 2.22. The molecule has 0 aliphatic rings. The number of halogens is 2. The summed E-state index contributed by atoms with van der Waals surface area (Å²) in [6, 6.07) is 12.5. The van der Waals surface area contributed by atoms with Gasteiger partial charge in [-0.3, -0.25) is 4.79 Å². The Morgan fingerprint density at radius 2 is 1.79 bits per heavy atom. The number of amides is 1. The maximum absolute atomic E-state index is 12.4. The summed E-state index contributed by atoms with van der Waals surface area (Å²) in [5.74, 6) is -0.0877. The molecule has 0 bridgehead atoms. The molecule has 0 aromatic heterocycles. The highest BCUT2D eigenvalue weighted by atomic mass is 19.3. The van der Waals surface area contributed by atoms with Crippen LogP contribution in [-0.2, 0) is 4.74 Å². The second-order valence-electron chi connectivity index (χ2n) is 4.69. The van der Waals surface area contributed by atoms with Crippen LogP contribution in [0.5, 0.6) is 11.5 Å². The number of ether oxygens (including phenoxy) is 3. The second kappa shape index (κ2) is 8.83. The Morgan fingerprint density at radius 3 is 2.46 bits per heavy atom. The van der Waals surface area contributed by atoms with Crippen molar-refractivity contribution in [2.24, 2.45) is 0 Å².